The van der Waals surface area contributed by atoms with Crippen molar-refractivity contribution in [1.82, 2.24) is 5.32 Å². The summed E-state index contributed by atoms with van der Waals surface area (Å²) >= 11 is 12.1. The number of rotatable bonds is 4. The Morgan fingerprint density at radius 2 is 1.95 bits per heavy atom. The zero-order chi connectivity index (χ0) is 15.3. The van der Waals surface area contributed by atoms with Crippen molar-refractivity contribution in [2.24, 2.45) is 0 Å². The number of aliphatic hydroxyl groups excluding tert-OH is 1. The molecule has 0 atom stereocenters. The first-order valence-corrected chi connectivity index (χ1v) is 7.45. The molecule has 1 heterocycles. The highest BCUT2D eigenvalue weighted by molar-refractivity contribution is 6.37. The molecule has 0 unspecified atom stereocenters. The fraction of sp³-hybridized carbons (Fsp3) is 0.400. The Bertz CT molecular complexity index is 519. The third kappa shape index (κ3) is 4.20. The van der Waals surface area contributed by atoms with E-state index in [0.29, 0.717) is 41.7 Å². The quantitative estimate of drug-likeness (QED) is 0.835. The summed E-state index contributed by atoms with van der Waals surface area (Å²) in [6, 6.07) is 5.16. The molecule has 1 aliphatic rings. The number of halogens is 2. The highest BCUT2D eigenvalue weighted by atomic mass is 35.5. The molecule has 1 amide bonds. The number of carbonyl (C=O) groups is 1. The number of carbonyl (C=O) groups excluding carboxylic acids is 1. The van der Waals surface area contributed by atoms with Crippen LogP contribution in [-0.4, -0.2) is 36.4 Å². The fourth-order valence-corrected chi connectivity index (χ4v) is 2.74. The summed E-state index contributed by atoms with van der Waals surface area (Å²) < 4.78 is 5.25. The van der Waals surface area contributed by atoms with Crippen molar-refractivity contribution in [3.63, 3.8) is 0 Å². The highest BCUT2D eigenvalue weighted by Gasteiger charge is 2.32. The van der Waals surface area contributed by atoms with E-state index in [-0.39, 0.29) is 12.5 Å². The Labute approximate surface area is 133 Å². The lowest BCUT2D eigenvalue weighted by Gasteiger charge is -2.35. The van der Waals surface area contributed by atoms with Gasteiger partial charge in [0.05, 0.1) is 12.1 Å². The molecule has 1 aromatic rings. The number of amides is 1. The predicted octanol–water partition coefficient (Wildman–Crippen LogP) is 2.66. The molecular weight excluding hydrogens is 313 g/mol. The Balaban J connectivity index is 2.05. The van der Waals surface area contributed by atoms with Crippen molar-refractivity contribution in [2.45, 2.75) is 18.4 Å². The number of nitrogens with one attached hydrogen (secondary N) is 1. The summed E-state index contributed by atoms with van der Waals surface area (Å²) in [6.45, 7) is 0.949. The minimum atomic E-state index is -0.607. The van der Waals surface area contributed by atoms with Crippen LogP contribution >= 0.6 is 23.2 Å². The number of aliphatic hydroxyl groups is 1. The first kappa shape index (κ1) is 16.3. The van der Waals surface area contributed by atoms with Gasteiger partial charge in [-0.15, -0.1) is 0 Å². The standard InChI is InChI=1S/C15H17Cl2NO3/c16-12-2-1-3-13(17)11(12)4-5-14(20)18-15(10-19)6-8-21-9-7-15/h1-5,19H,6-10H2,(H,18,20)/b5-4+. The van der Waals surface area contributed by atoms with Gasteiger partial charge in [-0.3, -0.25) is 4.79 Å². The number of benzene rings is 1. The van der Waals surface area contributed by atoms with Crippen LogP contribution in [0.5, 0.6) is 0 Å². The minimum absolute atomic E-state index is 0.108. The molecule has 6 heteroatoms. The van der Waals surface area contributed by atoms with Gasteiger partial charge in [0.25, 0.3) is 0 Å². The molecule has 114 valence electrons. The monoisotopic (exact) mass is 329 g/mol. The van der Waals surface area contributed by atoms with Gasteiger partial charge in [0.2, 0.25) is 5.91 Å². The van der Waals surface area contributed by atoms with E-state index in [9.17, 15) is 9.90 Å². The van der Waals surface area contributed by atoms with Crippen LogP contribution in [0.1, 0.15) is 18.4 Å². The lowest BCUT2D eigenvalue weighted by molar-refractivity contribution is -0.120. The van der Waals surface area contributed by atoms with E-state index in [1.807, 2.05) is 0 Å². The Hall–Kier alpha value is -1.07. The summed E-state index contributed by atoms with van der Waals surface area (Å²) in [7, 11) is 0. The molecule has 0 aromatic heterocycles. The van der Waals surface area contributed by atoms with Crippen molar-refractivity contribution in [3.8, 4) is 0 Å². The van der Waals surface area contributed by atoms with Gasteiger partial charge in [0.15, 0.2) is 0 Å². The van der Waals surface area contributed by atoms with E-state index in [2.05, 4.69) is 5.32 Å². The van der Waals surface area contributed by atoms with Crippen molar-refractivity contribution in [2.75, 3.05) is 19.8 Å². The number of hydrogen-bond donors (Lipinski definition) is 2. The summed E-state index contributed by atoms with van der Waals surface area (Å²) in [5, 5.41) is 13.3. The molecule has 1 saturated heterocycles. The van der Waals surface area contributed by atoms with Crippen LogP contribution in [0.2, 0.25) is 10.0 Å². The summed E-state index contributed by atoms with van der Waals surface area (Å²) in [5.74, 6) is -0.290. The van der Waals surface area contributed by atoms with Gasteiger partial charge in [0.1, 0.15) is 0 Å². The molecule has 1 fully saturated rings. The lowest BCUT2D eigenvalue weighted by atomic mass is 9.91. The maximum Gasteiger partial charge on any atom is 0.244 e. The molecule has 2 N–H and O–H groups in total. The second-order valence-electron chi connectivity index (χ2n) is 5.01. The minimum Gasteiger partial charge on any atom is -0.394 e. The SMILES string of the molecule is O=C(/C=C/c1c(Cl)cccc1Cl)NC1(CO)CCOCC1. The molecule has 2 rings (SSSR count). The van der Waals surface area contributed by atoms with E-state index in [1.165, 1.54) is 6.08 Å². The Kier molecular flexibility index (Phi) is 5.65. The zero-order valence-electron chi connectivity index (χ0n) is 11.4. The van der Waals surface area contributed by atoms with Gasteiger partial charge in [-0.25, -0.2) is 0 Å². The number of ether oxygens (including phenoxy) is 1. The van der Waals surface area contributed by atoms with Crippen molar-refractivity contribution in [1.29, 1.82) is 0 Å². The third-order valence-electron chi connectivity index (χ3n) is 3.54. The van der Waals surface area contributed by atoms with E-state index in [0.717, 1.165) is 0 Å². The molecule has 1 aromatic carbocycles. The third-order valence-corrected chi connectivity index (χ3v) is 4.20. The van der Waals surface area contributed by atoms with Crippen LogP contribution in [0.4, 0.5) is 0 Å². The Morgan fingerprint density at radius 3 is 2.52 bits per heavy atom. The summed E-state index contributed by atoms with van der Waals surface area (Å²) in [4.78, 5) is 12.0. The van der Waals surface area contributed by atoms with E-state index in [1.54, 1.807) is 24.3 Å². The second-order valence-corrected chi connectivity index (χ2v) is 5.82. The van der Waals surface area contributed by atoms with Gasteiger partial charge < -0.3 is 15.2 Å². The van der Waals surface area contributed by atoms with Crippen molar-refractivity contribution >= 4 is 35.2 Å². The molecule has 0 aliphatic carbocycles. The van der Waals surface area contributed by atoms with E-state index < -0.39 is 5.54 Å². The van der Waals surface area contributed by atoms with Gasteiger partial charge in [-0.05, 0) is 31.1 Å². The normalized spacial score (nSPS) is 17.9. The van der Waals surface area contributed by atoms with Crippen LogP contribution in [0.25, 0.3) is 6.08 Å². The fourth-order valence-electron chi connectivity index (χ4n) is 2.22. The second kappa shape index (κ2) is 7.27. The first-order chi connectivity index (χ1) is 10.1. The average Bonchev–Trinajstić information content (AvgIpc) is 2.47. The maximum atomic E-state index is 12.0. The largest absolute Gasteiger partial charge is 0.394 e. The molecule has 0 spiro atoms. The predicted molar refractivity (Wildman–Crippen MR) is 83.5 cm³/mol. The number of hydrogen-bond acceptors (Lipinski definition) is 3. The molecule has 0 saturated carbocycles. The van der Waals surface area contributed by atoms with E-state index in [4.69, 9.17) is 27.9 Å². The van der Waals surface area contributed by atoms with Gasteiger partial charge in [-0.2, -0.15) is 0 Å². The van der Waals surface area contributed by atoms with Gasteiger partial charge in [-0.1, -0.05) is 29.3 Å². The zero-order valence-corrected chi connectivity index (χ0v) is 13.0. The molecular formula is C15H17Cl2NO3. The average molecular weight is 330 g/mol. The van der Waals surface area contributed by atoms with Gasteiger partial charge in [0, 0.05) is 34.9 Å². The van der Waals surface area contributed by atoms with Crippen LogP contribution in [0.3, 0.4) is 0 Å². The first-order valence-electron chi connectivity index (χ1n) is 6.69. The smallest absolute Gasteiger partial charge is 0.244 e. The van der Waals surface area contributed by atoms with Crippen molar-refractivity contribution < 1.29 is 14.6 Å². The molecule has 0 radical (unpaired) electrons. The van der Waals surface area contributed by atoms with Crippen LogP contribution in [0, 0.1) is 0 Å². The summed E-state index contributed by atoms with van der Waals surface area (Å²) in [6.07, 6.45) is 4.14. The maximum absolute atomic E-state index is 12.0. The molecule has 21 heavy (non-hydrogen) atoms. The topological polar surface area (TPSA) is 58.6 Å². The van der Waals surface area contributed by atoms with E-state index >= 15 is 0 Å². The highest BCUT2D eigenvalue weighted by Crippen LogP contribution is 2.25. The van der Waals surface area contributed by atoms with Crippen molar-refractivity contribution in [3.05, 3.63) is 39.9 Å². The molecule has 4 nitrogen and oxygen atoms in total. The van der Waals surface area contributed by atoms with Crippen LogP contribution in [0.15, 0.2) is 24.3 Å². The lowest BCUT2D eigenvalue weighted by Crippen LogP contribution is -2.54. The van der Waals surface area contributed by atoms with Crippen LogP contribution in [-0.2, 0) is 9.53 Å². The van der Waals surface area contributed by atoms with Crippen LogP contribution < -0.4 is 5.32 Å². The molecule has 0 bridgehead atoms. The Morgan fingerprint density at radius 1 is 1.33 bits per heavy atom. The summed E-state index contributed by atoms with van der Waals surface area (Å²) in [5.41, 5.74) is -0.00904. The molecule has 1 aliphatic heterocycles. The van der Waals surface area contributed by atoms with Gasteiger partial charge >= 0.3 is 0 Å².